The van der Waals surface area contributed by atoms with E-state index in [1.165, 1.54) is 11.3 Å². The van der Waals surface area contributed by atoms with E-state index in [0.717, 1.165) is 30.7 Å². The van der Waals surface area contributed by atoms with Gasteiger partial charge in [-0.05, 0) is 38.5 Å². The number of carbonyl (C=O) groups excluding carboxylic acids is 1. The van der Waals surface area contributed by atoms with Crippen LogP contribution in [0.15, 0.2) is 6.20 Å². The Balaban J connectivity index is 2.07. The first-order valence-electron chi connectivity index (χ1n) is 6.21. The lowest BCUT2D eigenvalue weighted by molar-refractivity contribution is 0.0898. The number of nitrogens with zero attached hydrogens (tertiary/aromatic N) is 2. The highest BCUT2D eigenvalue weighted by molar-refractivity contribution is 7.13. The second-order valence-electron chi connectivity index (χ2n) is 5.07. The molecule has 0 aliphatic heterocycles. The van der Waals surface area contributed by atoms with Gasteiger partial charge < -0.3 is 5.32 Å². The first-order valence-corrected chi connectivity index (χ1v) is 7.02. The Kier molecular flexibility index (Phi) is 3.67. The summed E-state index contributed by atoms with van der Waals surface area (Å²) >= 11 is 1.36. The van der Waals surface area contributed by atoms with Crippen molar-refractivity contribution in [2.24, 2.45) is 5.92 Å². The number of rotatable bonds is 2. The smallest absolute Gasteiger partial charge is 0.264 e. The molecule has 1 aliphatic carbocycles. The summed E-state index contributed by atoms with van der Waals surface area (Å²) in [4.78, 5) is 16.7. The highest BCUT2D eigenvalue weighted by Crippen LogP contribution is 2.31. The fourth-order valence-electron chi connectivity index (χ4n) is 2.26. The Morgan fingerprint density at radius 3 is 2.78 bits per heavy atom. The van der Waals surface area contributed by atoms with Crippen LogP contribution in [-0.4, -0.2) is 16.4 Å². The molecular weight excluding hydrogens is 246 g/mol. The fraction of sp³-hybridized carbons (Fsp3) is 0.615. The van der Waals surface area contributed by atoms with Crippen LogP contribution in [0, 0.1) is 24.2 Å². The maximum absolute atomic E-state index is 12.1. The van der Waals surface area contributed by atoms with E-state index in [9.17, 15) is 10.1 Å². The first-order chi connectivity index (χ1) is 8.54. The van der Waals surface area contributed by atoms with Gasteiger partial charge in [0.15, 0.2) is 0 Å². The number of nitriles is 1. The predicted octanol–water partition coefficient (Wildman–Crippen LogP) is 2.65. The monoisotopic (exact) mass is 263 g/mol. The van der Waals surface area contributed by atoms with Gasteiger partial charge in [-0.2, -0.15) is 5.26 Å². The van der Waals surface area contributed by atoms with Gasteiger partial charge in [0.25, 0.3) is 5.91 Å². The van der Waals surface area contributed by atoms with Crippen LogP contribution in [0.4, 0.5) is 0 Å². The second kappa shape index (κ2) is 5.07. The highest BCUT2D eigenvalue weighted by Gasteiger charge is 2.36. The molecule has 0 bridgehead atoms. The van der Waals surface area contributed by atoms with Crippen LogP contribution >= 0.6 is 11.3 Å². The summed E-state index contributed by atoms with van der Waals surface area (Å²) in [6, 6.07) is 2.30. The zero-order valence-corrected chi connectivity index (χ0v) is 11.5. The molecule has 0 radical (unpaired) electrons. The van der Waals surface area contributed by atoms with E-state index in [2.05, 4.69) is 23.3 Å². The number of carbonyl (C=O) groups is 1. The predicted molar refractivity (Wildman–Crippen MR) is 70.3 cm³/mol. The van der Waals surface area contributed by atoms with E-state index >= 15 is 0 Å². The van der Waals surface area contributed by atoms with Gasteiger partial charge in [-0.25, -0.2) is 4.98 Å². The quantitative estimate of drug-likeness (QED) is 0.892. The van der Waals surface area contributed by atoms with Crippen molar-refractivity contribution in [1.82, 2.24) is 10.3 Å². The van der Waals surface area contributed by atoms with Gasteiger partial charge in [0.2, 0.25) is 0 Å². The minimum atomic E-state index is -0.679. The van der Waals surface area contributed by atoms with Crippen LogP contribution in [0.1, 0.15) is 47.3 Å². The summed E-state index contributed by atoms with van der Waals surface area (Å²) in [7, 11) is 0. The molecule has 0 saturated heterocycles. The number of aryl methyl sites for hydroxylation is 1. The van der Waals surface area contributed by atoms with E-state index in [1.807, 2.05) is 6.92 Å². The molecule has 1 aromatic heterocycles. The number of amides is 1. The minimum Gasteiger partial charge on any atom is -0.333 e. The summed E-state index contributed by atoms with van der Waals surface area (Å²) in [5.74, 6) is 0.478. The molecule has 1 aliphatic rings. The number of nitrogens with one attached hydrogen (secondary N) is 1. The van der Waals surface area contributed by atoms with Gasteiger partial charge in [-0.3, -0.25) is 4.79 Å². The van der Waals surface area contributed by atoms with Crippen molar-refractivity contribution < 1.29 is 4.79 Å². The van der Waals surface area contributed by atoms with Crippen molar-refractivity contribution >= 4 is 17.2 Å². The third kappa shape index (κ3) is 2.70. The van der Waals surface area contributed by atoms with E-state index < -0.39 is 5.54 Å². The Bertz CT molecular complexity index is 481. The molecule has 1 amide bonds. The number of hydrogen-bond acceptors (Lipinski definition) is 4. The Hall–Kier alpha value is -1.41. The lowest BCUT2D eigenvalue weighted by Gasteiger charge is -2.34. The third-order valence-corrected chi connectivity index (χ3v) is 4.45. The van der Waals surface area contributed by atoms with Crippen LogP contribution in [0.25, 0.3) is 0 Å². The van der Waals surface area contributed by atoms with Gasteiger partial charge in [0, 0.05) is 0 Å². The van der Waals surface area contributed by atoms with E-state index in [0.29, 0.717) is 10.8 Å². The molecule has 5 heteroatoms. The molecule has 1 aromatic rings. The molecule has 1 fully saturated rings. The Labute approximate surface area is 111 Å². The molecule has 96 valence electrons. The minimum absolute atomic E-state index is 0.170. The highest BCUT2D eigenvalue weighted by atomic mass is 32.1. The molecule has 0 spiro atoms. The van der Waals surface area contributed by atoms with Gasteiger partial charge in [0.05, 0.1) is 17.3 Å². The molecular formula is C13H17N3OS. The van der Waals surface area contributed by atoms with E-state index in [-0.39, 0.29) is 5.91 Å². The van der Waals surface area contributed by atoms with Crippen molar-refractivity contribution in [3.63, 3.8) is 0 Å². The van der Waals surface area contributed by atoms with Gasteiger partial charge in [-0.1, -0.05) is 6.92 Å². The zero-order valence-electron chi connectivity index (χ0n) is 10.7. The SMILES string of the molecule is Cc1ncc(C(=O)NC2(C#N)CCC(C)CC2)s1. The number of thiazole rings is 1. The molecule has 1 saturated carbocycles. The van der Waals surface area contributed by atoms with Gasteiger partial charge in [-0.15, -0.1) is 11.3 Å². The zero-order chi connectivity index (χ0) is 13.2. The van der Waals surface area contributed by atoms with Crippen LogP contribution in [0.3, 0.4) is 0 Å². The number of hydrogen-bond donors (Lipinski definition) is 1. The summed E-state index contributed by atoms with van der Waals surface area (Å²) in [5.41, 5.74) is -0.679. The molecule has 0 atom stereocenters. The molecule has 1 heterocycles. The molecule has 2 rings (SSSR count). The van der Waals surface area contributed by atoms with Crippen LogP contribution in [-0.2, 0) is 0 Å². The topological polar surface area (TPSA) is 65.8 Å². The van der Waals surface area contributed by atoms with Gasteiger partial charge >= 0.3 is 0 Å². The molecule has 0 unspecified atom stereocenters. The third-order valence-electron chi connectivity index (χ3n) is 3.54. The van der Waals surface area contributed by atoms with Crippen molar-refractivity contribution in [3.05, 3.63) is 16.1 Å². The summed E-state index contributed by atoms with van der Waals surface area (Å²) < 4.78 is 0. The maximum Gasteiger partial charge on any atom is 0.264 e. The van der Waals surface area contributed by atoms with Crippen molar-refractivity contribution in [2.45, 2.75) is 45.1 Å². The molecule has 0 aromatic carbocycles. The molecule has 4 nitrogen and oxygen atoms in total. The van der Waals surface area contributed by atoms with Crippen molar-refractivity contribution in [3.8, 4) is 6.07 Å². The average Bonchev–Trinajstić information content (AvgIpc) is 2.79. The Morgan fingerprint density at radius 1 is 1.61 bits per heavy atom. The standard InChI is InChI=1S/C13H17N3OS/c1-9-3-5-13(8-14,6-4-9)16-12(17)11-7-15-10(2)18-11/h7,9H,3-6H2,1-2H3,(H,16,17). The maximum atomic E-state index is 12.1. The molecule has 18 heavy (non-hydrogen) atoms. The van der Waals surface area contributed by atoms with Crippen LogP contribution in [0.5, 0.6) is 0 Å². The number of aromatic nitrogens is 1. The van der Waals surface area contributed by atoms with Crippen molar-refractivity contribution in [2.75, 3.05) is 0 Å². The lowest BCUT2D eigenvalue weighted by Crippen LogP contribution is -2.49. The second-order valence-corrected chi connectivity index (χ2v) is 6.31. The summed E-state index contributed by atoms with van der Waals surface area (Å²) in [6.07, 6.45) is 5.05. The normalized spacial score (nSPS) is 27.5. The Morgan fingerprint density at radius 2 is 2.28 bits per heavy atom. The largest absolute Gasteiger partial charge is 0.333 e. The van der Waals surface area contributed by atoms with Crippen LogP contribution < -0.4 is 5.32 Å². The van der Waals surface area contributed by atoms with E-state index in [4.69, 9.17) is 0 Å². The van der Waals surface area contributed by atoms with E-state index in [1.54, 1.807) is 6.20 Å². The molecule has 1 N–H and O–H groups in total. The van der Waals surface area contributed by atoms with Crippen molar-refractivity contribution in [1.29, 1.82) is 5.26 Å². The van der Waals surface area contributed by atoms with Gasteiger partial charge in [0.1, 0.15) is 10.4 Å². The van der Waals surface area contributed by atoms with Crippen LogP contribution in [0.2, 0.25) is 0 Å². The summed E-state index contributed by atoms with van der Waals surface area (Å²) in [6.45, 7) is 4.06. The lowest BCUT2D eigenvalue weighted by atomic mass is 9.78. The fourth-order valence-corrected chi connectivity index (χ4v) is 2.94. The first kappa shape index (κ1) is 13.0. The average molecular weight is 263 g/mol. The summed E-state index contributed by atoms with van der Waals surface area (Å²) in [5, 5.41) is 13.1.